The average Bonchev–Trinajstić information content (AvgIpc) is 2.26. The second-order valence-corrected chi connectivity index (χ2v) is 8.45. The average molecular weight is 426 g/mol. The highest BCUT2D eigenvalue weighted by Gasteiger charge is 2.15. The van der Waals surface area contributed by atoms with E-state index in [1.165, 1.54) is 0 Å². The SMILES string of the molecule is CC(C)(C)OC(=O)NCc1ccc(NS(C)(=O)=O)c(I)c1. The Morgan fingerprint density at radius 1 is 1.33 bits per heavy atom. The molecule has 0 bridgehead atoms. The smallest absolute Gasteiger partial charge is 0.407 e. The Balaban J connectivity index is 2.66. The van der Waals surface area contributed by atoms with Crippen LogP contribution in [0.5, 0.6) is 0 Å². The van der Waals surface area contributed by atoms with Crippen LogP contribution in [0.1, 0.15) is 26.3 Å². The molecule has 0 radical (unpaired) electrons. The van der Waals surface area contributed by atoms with Crippen LogP contribution in [-0.4, -0.2) is 26.4 Å². The summed E-state index contributed by atoms with van der Waals surface area (Å²) in [5, 5.41) is 2.65. The van der Waals surface area contributed by atoms with Gasteiger partial charge in [0.1, 0.15) is 5.60 Å². The Labute approximate surface area is 138 Å². The fourth-order valence-corrected chi connectivity index (χ4v) is 2.91. The molecule has 0 aliphatic carbocycles. The van der Waals surface area contributed by atoms with Crippen molar-refractivity contribution in [3.63, 3.8) is 0 Å². The summed E-state index contributed by atoms with van der Waals surface area (Å²) in [5.74, 6) is 0. The molecule has 0 aromatic heterocycles. The highest BCUT2D eigenvalue weighted by Crippen LogP contribution is 2.20. The van der Waals surface area contributed by atoms with Gasteiger partial charge < -0.3 is 10.1 Å². The van der Waals surface area contributed by atoms with Crippen LogP contribution in [0.25, 0.3) is 0 Å². The van der Waals surface area contributed by atoms with Crippen molar-refractivity contribution in [2.75, 3.05) is 11.0 Å². The lowest BCUT2D eigenvalue weighted by molar-refractivity contribution is 0.0523. The van der Waals surface area contributed by atoms with Gasteiger partial charge in [-0.1, -0.05) is 6.07 Å². The number of hydrogen-bond donors (Lipinski definition) is 2. The molecule has 0 saturated carbocycles. The summed E-state index contributed by atoms with van der Waals surface area (Å²) in [7, 11) is -3.30. The molecular formula is C13H19IN2O4S. The van der Waals surface area contributed by atoms with Crippen molar-refractivity contribution in [3.05, 3.63) is 27.3 Å². The third kappa shape index (κ3) is 7.51. The van der Waals surface area contributed by atoms with Crippen LogP contribution in [0, 0.1) is 3.57 Å². The quantitative estimate of drug-likeness (QED) is 0.726. The molecule has 0 aliphatic heterocycles. The number of carbonyl (C=O) groups excluding carboxylic acids is 1. The number of carbonyl (C=O) groups is 1. The van der Waals surface area contributed by atoms with E-state index in [2.05, 4.69) is 10.0 Å². The van der Waals surface area contributed by atoms with E-state index < -0.39 is 21.7 Å². The van der Waals surface area contributed by atoms with Crippen molar-refractivity contribution in [2.45, 2.75) is 32.9 Å². The van der Waals surface area contributed by atoms with Gasteiger partial charge in [0.05, 0.1) is 11.9 Å². The molecule has 2 N–H and O–H groups in total. The molecular weight excluding hydrogens is 407 g/mol. The van der Waals surface area contributed by atoms with Gasteiger partial charge in [0.15, 0.2) is 0 Å². The van der Waals surface area contributed by atoms with Crippen molar-refractivity contribution in [2.24, 2.45) is 0 Å². The summed E-state index contributed by atoms with van der Waals surface area (Å²) in [4.78, 5) is 11.5. The highest BCUT2D eigenvalue weighted by atomic mass is 127. The second kappa shape index (κ2) is 6.82. The Hall–Kier alpha value is -1.03. The lowest BCUT2D eigenvalue weighted by atomic mass is 10.2. The third-order valence-electron chi connectivity index (χ3n) is 2.16. The predicted molar refractivity (Wildman–Crippen MR) is 90.7 cm³/mol. The van der Waals surface area contributed by atoms with Crippen LogP contribution in [0.3, 0.4) is 0 Å². The van der Waals surface area contributed by atoms with Crippen molar-refractivity contribution in [1.82, 2.24) is 5.32 Å². The molecule has 1 amide bonds. The van der Waals surface area contributed by atoms with E-state index >= 15 is 0 Å². The molecule has 1 rings (SSSR count). The number of nitrogens with one attached hydrogen (secondary N) is 2. The Bertz CT molecular complexity index is 624. The Morgan fingerprint density at radius 3 is 2.43 bits per heavy atom. The van der Waals surface area contributed by atoms with Gasteiger partial charge in [-0.2, -0.15) is 0 Å². The fraction of sp³-hybridized carbons (Fsp3) is 0.462. The molecule has 0 spiro atoms. The van der Waals surface area contributed by atoms with Gasteiger partial charge in [-0.15, -0.1) is 0 Å². The summed E-state index contributed by atoms with van der Waals surface area (Å²) in [6.45, 7) is 5.69. The van der Waals surface area contributed by atoms with Crippen molar-refractivity contribution < 1.29 is 17.9 Å². The molecule has 0 unspecified atom stereocenters. The summed E-state index contributed by atoms with van der Waals surface area (Å²) >= 11 is 2.03. The third-order valence-corrected chi connectivity index (χ3v) is 3.65. The van der Waals surface area contributed by atoms with Crippen LogP contribution >= 0.6 is 22.6 Å². The maximum atomic E-state index is 11.5. The van der Waals surface area contributed by atoms with Gasteiger partial charge in [0.2, 0.25) is 10.0 Å². The fourth-order valence-electron chi connectivity index (χ4n) is 1.44. The summed E-state index contributed by atoms with van der Waals surface area (Å²) in [6, 6.07) is 5.20. The maximum Gasteiger partial charge on any atom is 0.407 e. The van der Waals surface area contributed by atoms with E-state index in [1.807, 2.05) is 22.6 Å². The number of anilines is 1. The minimum Gasteiger partial charge on any atom is -0.444 e. The minimum absolute atomic E-state index is 0.310. The molecule has 0 heterocycles. The number of benzene rings is 1. The number of sulfonamides is 1. The van der Waals surface area contributed by atoms with Crippen LogP contribution in [0.4, 0.5) is 10.5 Å². The zero-order valence-electron chi connectivity index (χ0n) is 12.4. The van der Waals surface area contributed by atoms with Gasteiger partial charge in [-0.3, -0.25) is 4.72 Å². The molecule has 118 valence electrons. The lowest BCUT2D eigenvalue weighted by Crippen LogP contribution is -2.32. The molecule has 0 fully saturated rings. The molecule has 0 atom stereocenters. The van der Waals surface area contributed by atoms with E-state index in [0.717, 1.165) is 15.4 Å². The largest absolute Gasteiger partial charge is 0.444 e. The first kappa shape index (κ1) is 18.0. The minimum atomic E-state index is -3.30. The Morgan fingerprint density at radius 2 is 1.95 bits per heavy atom. The van der Waals surface area contributed by atoms with Crippen LogP contribution in [0.15, 0.2) is 18.2 Å². The molecule has 0 aliphatic rings. The van der Waals surface area contributed by atoms with E-state index in [1.54, 1.807) is 39.0 Å². The molecule has 0 saturated heterocycles. The van der Waals surface area contributed by atoms with Crippen LogP contribution < -0.4 is 10.0 Å². The second-order valence-electron chi connectivity index (χ2n) is 5.54. The standard InChI is InChI=1S/C13H19IN2O4S/c1-13(2,3)20-12(17)15-8-9-5-6-11(10(14)7-9)16-21(4,18)19/h5-7,16H,8H2,1-4H3,(H,15,17). The molecule has 8 heteroatoms. The molecule has 21 heavy (non-hydrogen) atoms. The monoisotopic (exact) mass is 426 g/mol. The van der Waals surface area contributed by atoms with Gasteiger partial charge in [-0.05, 0) is 61.1 Å². The maximum absolute atomic E-state index is 11.5. The summed E-state index contributed by atoms with van der Waals surface area (Å²) in [6.07, 6.45) is 0.608. The lowest BCUT2D eigenvalue weighted by Gasteiger charge is -2.19. The van der Waals surface area contributed by atoms with Crippen molar-refractivity contribution >= 4 is 44.4 Å². The predicted octanol–water partition coefficient (Wildman–Crippen LogP) is 2.69. The van der Waals surface area contributed by atoms with E-state index in [0.29, 0.717) is 12.2 Å². The first-order chi connectivity index (χ1) is 9.46. The van der Waals surface area contributed by atoms with Gasteiger partial charge >= 0.3 is 6.09 Å². The molecule has 1 aromatic carbocycles. The van der Waals surface area contributed by atoms with Gasteiger partial charge in [0, 0.05) is 10.1 Å². The van der Waals surface area contributed by atoms with E-state index in [4.69, 9.17) is 4.74 Å². The zero-order chi connectivity index (χ0) is 16.3. The topological polar surface area (TPSA) is 84.5 Å². The number of ether oxygens (including phenoxy) is 1. The molecule has 1 aromatic rings. The van der Waals surface area contributed by atoms with Crippen molar-refractivity contribution in [1.29, 1.82) is 0 Å². The van der Waals surface area contributed by atoms with Gasteiger partial charge in [-0.25, -0.2) is 13.2 Å². The normalized spacial score (nSPS) is 11.9. The van der Waals surface area contributed by atoms with E-state index in [-0.39, 0.29) is 0 Å². The van der Waals surface area contributed by atoms with Crippen LogP contribution in [-0.2, 0) is 21.3 Å². The first-order valence-electron chi connectivity index (χ1n) is 6.19. The van der Waals surface area contributed by atoms with Gasteiger partial charge in [0.25, 0.3) is 0 Å². The summed E-state index contributed by atoms with van der Waals surface area (Å²) in [5.41, 5.74) is 0.824. The highest BCUT2D eigenvalue weighted by molar-refractivity contribution is 14.1. The molecule has 6 nitrogen and oxygen atoms in total. The number of halogens is 1. The summed E-state index contributed by atoms with van der Waals surface area (Å²) < 4.78 is 30.7. The number of rotatable bonds is 4. The van der Waals surface area contributed by atoms with Crippen LogP contribution in [0.2, 0.25) is 0 Å². The number of alkyl carbamates (subject to hydrolysis) is 1. The van der Waals surface area contributed by atoms with E-state index in [9.17, 15) is 13.2 Å². The Kier molecular flexibility index (Phi) is 5.85. The first-order valence-corrected chi connectivity index (χ1v) is 9.16. The zero-order valence-corrected chi connectivity index (χ0v) is 15.3. The number of hydrogen-bond acceptors (Lipinski definition) is 4. The number of amides is 1. The van der Waals surface area contributed by atoms with Crippen molar-refractivity contribution in [3.8, 4) is 0 Å².